The van der Waals surface area contributed by atoms with Gasteiger partial charge in [0.05, 0.1) is 4.92 Å². The third-order valence-corrected chi connectivity index (χ3v) is 2.87. The lowest BCUT2D eigenvalue weighted by Crippen LogP contribution is -2.05. The molecule has 0 fully saturated rings. The molecule has 1 aromatic carbocycles. The number of benzene rings is 1. The second-order valence-electron chi connectivity index (χ2n) is 4.30. The summed E-state index contributed by atoms with van der Waals surface area (Å²) in [6, 6.07) is 9.08. The Hall–Kier alpha value is -2.43. The van der Waals surface area contributed by atoms with Gasteiger partial charge in [0.15, 0.2) is 0 Å². The molecule has 0 amide bonds. The highest BCUT2D eigenvalue weighted by atomic mass is 16.6. The quantitative estimate of drug-likeness (QED) is 0.660. The van der Waals surface area contributed by atoms with E-state index in [1.54, 1.807) is 25.3 Å². The van der Waals surface area contributed by atoms with Gasteiger partial charge in [-0.15, -0.1) is 0 Å². The largest absolute Gasteiger partial charge is 0.385 e. The van der Waals surface area contributed by atoms with Crippen LogP contribution in [0.15, 0.2) is 42.7 Å². The summed E-state index contributed by atoms with van der Waals surface area (Å²) in [5, 5.41) is 14.0. The van der Waals surface area contributed by atoms with Gasteiger partial charge in [-0.2, -0.15) is 0 Å². The van der Waals surface area contributed by atoms with E-state index in [0.29, 0.717) is 12.1 Å². The Labute approximate surface area is 111 Å². The number of nitrogens with zero attached hydrogens (tertiary/aromatic N) is 2. The Balaban J connectivity index is 1.97. The van der Waals surface area contributed by atoms with Crippen molar-refractivity contribution in [2.75, 3.05) is 11.9 Å². The van der Waals surface area contributed by atoms with E-state index in [2.05, 4.69) is 10.3 Å². The SMILES string of the molecule is Cc1ccc(NCCc2cccnc2)cc1[N+](=O)[O-]. The first kappa shape index (κ1) is 13.0. The van der Waals surface area contributed by atoms with Gasteiger partial charge in [0.25, 0.3) is 5.69 Å². The molecule has 1 N–H and O–H groups in total. The van der Waals surface area contributed by atoms with Gasteiger partial charge in [-0.25, -0.2) is 0 Å². The minimum absolute atomic E-state index is 0.145. The maximum absolute atomic E-state index is 10.8. The summed E-state index contributed by atoms with van der Waals surface area (Å²) in [6.07, 6.45) is 4.38. The van der Waals surface area contributed by atoms with Crippen LogP contribution in [-0.4, -0.2) is 16.5 Å². The molecular weight excluding hydrogens is 242 g/mol. The summed E-state index contributed by atoms with van der Waals surface area (Å²) in [4.78, 5) is 14.5. The number of pyridine rings is 1. The molecule has 0 saturated heterocycles. The number of nitro groups is 1. The lowest BCUT2D eigenvalue weighted by Gasteiger charge is -2.07. The van der Waals surface area contributed by atoms with Crippen LogP contribution in [0.5, 0.6) is 0 Å². The molecule has 0 aliphatic heterocycles. The molecule has 0 atom stereocenters. The van der Waals surface area contributed by atoms with Crippen LogP contribution in [-0.2, 0) is 6.42 Å². The van der Waals surface area contributed by atoms with E-state index in [4.69, 9.17) is 0 Å². The van der Waals surface area contributed by atoms with E-state index in [9.17, 15) is 10.1 Å². The smallest absolute Gasteiger partial charge is 0.274 e. The minimum Gasteiger partial charge on any atom is -0.385 e. The summed E-state index contributed by atoms with van der Waals surface area (Å²) in [5.41, 5.74) is 2.71. The molecule has 1 aromatic heterocycles. The van der Waals surface area contributed by atoms with Crippen LogP contribution in [0, 0.1) is 17.0 Å². The highest BCUT2D eigenvalue weighted by Gasteiger charge is 2.10. The molecule has 2 aromatic rings. The van der Waals surface area contributed by atoms with Gasteiger partial charge in [0.2, 0.25) is 0 Å². The van der Waals surface area contributed by atoms with Crippen molar-refractivity contribution in [3.8, 4) is 0 Å². The highest BCUT2D eigenvalue weighted by molar-refractivity contribution is 5.54. The Morgan fingerprint density at radius 2 is 2.21 bits per heavy atom. The van der Waals surface area contributed by atoms with E-state index in [-0.39, 0.29) is 10.6 Å². The first-order chi connectivity index (χ1) is 9.16. The highest BCUT2D eigenvalue weighted by Crippen LogP contribution is 2.22. The van der Waals surface area contributed by atoms with Crippen molar-refractivity contribution in [1.82, 2.24) is 4.98 Å². The molecule has 0 radical (unpaired) electrons. The summed E-state index contributed by atoms with van der Waals surface area (Å²) >= 11 is 0. The zero-order valence-electron chi connectivity index (χ0n) is 10.7. The van der Waals surface area contributed by atoms with Crippen LogP contribution in [0.25, 0.3) is 0 Å². The number of aromatic nitrogens is 1. The number of nitrogens with one attached hydrogen (secondary N) is 1. The number of rotatable bonds is 5. The average Bonchev–Trinajstić information content (AvgIpc) is 2.41. The van der Waals surface area contributed by atoms with Crippen molar-refractivity contribution >= 4 is 11.4 Å². The summed E-state index contributed by atoms with van der Waals surface area (Å²) < 4.78 is 0. The number of anilines is 1. The van der Waals surface area contributed by atoms with Crippen LogP contribution in [0.2, 0.25) is 0 Å². The van der Waals surface area contributed by atoms with Crippen LogP contribution in [0.3, 0.4) is 0 Å². The number of aryl methyl sites for hydroxylation is 1. The molecule has 0 aliphatic rings. The van der Waals surface area contributed by atoms with Gasteiger partial charge in [0, 0.05) is 36.3 Å². The molecule has 2 rings (SSSR count). The van der Waals surface area contributed by atoms with Gasteiger partial charge in [0.1, 0.15) is 0 Å². The van der Waals surface area contributed by atoms with Crippen LogP contribution < -0.4 is 5.32 Å². The lowest BCUT2D eigenvalue weighted by molar-refractivity contribution is -0.385. The van der Waals surface area contributed by atoms with Crippen LogP contribution in [0.1, 0.15) is 11.1 Å². The normalized spacial score (nSPS) is 10.2. The van der Waals surface area contributed by atoms with E-state index in [1.165, 1.54) is 0 Å². The molecule has 0 saturated carbocycles. The molecule has 0 aliphatic carbocycles. The predicted molar refractivity (Wildman–Crippen MR) is 74.3 cm³/mol. The summed E-state index contributed by atoms with van der Waals surface area (Å²) in [5.74, 6) is 0. The van der Waals surface area contributed by atoms with E-state index in [1.807, 2.05) is 24.4 Å². The number of hydrogen-bond acceptors (Lipinski definition) is 4. The van der Waals surface area contributed by atoms with Gasteiger partial charge < -0.3 is 5.32 Å². The first-order valence-electron chi connectivity index (χ1n) is 6.04. The van der Waals surface area contributed by atoms with Crippen molar-refractivity contribution in [2.45, 2.75) is 13.3 Å². The molecule has 98 valence electrons. The fraction of sp³-hybridized carbons (Fsp3) is 0.214. The molecule has 0 spiro atoms. The van der Waals surface area contributed by atoms with Gasteiger partial charge in [-0.3, -0.25) is 15.1 Å². The zero-order chi connectivity index (χ0) is 13.7. The van der Waals surface area contributed by atoms with E-state index in [0.717, 1.165) is 17.7 Å². The molecule has 0 unspecified atom stereocenters. The van der Waals surface area contributed by atoms with E-state index < -0.39 is 0 Å². The van der Waals surface area contributed by atoms with Crippen molar-refractivity contribution in [1.29, 1.82) is 0 Å². The fourth-order valence-corrected chi connectivity index (χ4v) is 1.81. The van der Waals surface area contributed by atoms with Crippen LogP contribution in [0.4, 0.5) is 11.4 Å². The van der Waals surface area contributed by atoms with E-state index >= 15 is 0 Å². The third-order valence-electron chi connectivity index (χ3n) is 2.87. The second kappa shape index (κ2) is 5.95. The maximum atomic E-state index is 10.8. The maximum Gasteiger partial charge on any atom is 0.274 e. The molecule has 5 heteroatoms. The summed E-state index contributed by atoms with van der Waals surface area (Å²) in [7, 11) is 0. The van der Waals surface area contributed by atoms with Crippen molar-refractivity contribution in [2.24, 2.45) is 0 Å². The monoisotopic (exact) mass is 257 g/mol. The average molecular weight is 257 g/mol. The molecule has 1 heterocycles. The molecular formula is C14H15N3O2. The Morgan fingerprint density at radius 1 is 1.37 bits per heavy atom. The van der Waals surface area contributed by atoms with Gasteiger partial charge in [-0.1, -0.05) is 12.1 Å². The molecule has 19 heavy (non-hydrogen) atoms. The zero-order valence-corrected chi connectivity index (χ0v) is 10.7. The Bertz CT molecular complexity index is 570. The topological polar surface area (TPSA) is 68.1 Å². The Kier molecular flexibility index (Phi) is 4.07. The molecule has 0 bridgehead atoms. The first-order valence-corrected chi connectivity index (χ1v) is 6.04. The van der Waals surface area contributed by atoms with Crippen LogP contribution >= 0.6 is 0 Å². The Morgan fingerprint density at radius 3 is 2.89 bits per heavy atom. The van der Waals surface area contributed by atoms with Crippen molar-refractivity contribution < 1.29 is 4.92 Å². The van der Waals surface area contributed by atoms with Gasteiger partial charge in [-0.05, 0) is 31.0 Å². The number of hydrogen-bond donors (Lipinski definition) is 1. The summed E-state index contributed by atoms with van der Waals surface area (Å²) in [6.45, 7) is 2.45. The molecule has 5 nitrogen and oxygen atoms in total. The second-order valence-corrected chi connectivity index (χ2v) is 4.30. The standard InChI is InChI=1S/C14H15N3O2/c1-11-4-5-13(9-14(11)17(18)19)16-8-6-12-3-2-7-15-10-12/h2-5,7,9-10,16H,6,8H2,1H3. The minimum atomic E-state index is -0.359. The lowest BCUT2D eigenvalue weighted by atomic mass is 10.1. The van der Waals surface area contributed by atoms with Gasteiger partial charge >= 0.3 is 0 Å². The fourth-order valence-electron chi connectivity index (χ4n) is 1.81. The predicted octanol–water partition coefficient (Wildman–Crippen LogP) is 2.95. The number of nitro benzene ring substituents is 1. The van der Waals surface area contributed by atoms with Crippen molar-refractivity contribution in [3.05, 3.63) is 64.0 Å². The van der Waals surface area contributed by atoms with Crippen molar-refractivity contribution in [3.63, 3.8) is 0 Å². The third kappa shape index (κ3) is 3.51.